The monoisotopic (exact) mass is 623 g/mol. The minimum Gasteiger partial charge on any atom is -0.481 e. The number of aromatic amines is 1. The maximum absolute atomic E-state index is 13.3. The first-order chi connectivity index (χ1) is 20.7. The molecule has 0 fully saturated rings. The number of nitrogens with one attached hydrogen (secondary N) is 6. The van der Waals surface area contributed by atoms with E-state index in [0.29, 0.717) is 31.5 Å². The summed E-state index contributed by atoms with van der Waals surface area (Å²) in [6.45, 7) is 6.34. The van der Waals surface area contributed by atoms with Crippen LogP contribution < -0.4 is 38.1 Å². The van der Waals surface area contributed by atoms with Crippen LogP contribution in [-0.2, 0) is 40.0 Å². The lowest BCUT2D eigenvalue weighted by Crippen LogP contribution is -2.59. The molecule has 5 atom stereocenters. The SMILES string of the molecule is CC(=O)N[C@@H](CCCCN)C(=O)N[C@@H](Cc1cnc[nH]1)C(=O)N[C@@H](C)C(=O)N[C@H](C(=O)N[C@@H](CCC(=O)O)C(N)=O)C(C)C. The highest BCUT2D eigenvalue weighted by Crippen LogP contribution is 2.07. The van der Waals surface area contributed by atoms with Crippen LogP contribution in [0.2, 0.25) is 0 Å². The number of hydrogen-bond acceptors (Lipinski definition) is 9. The molecule has 0 saturated carbocycles. The second-order valence-electron chi connectivity index (χ2n) is 10.7. The van der Waals surface area contributed by atoms with Gasteiger partial charge in [0.15, 0.2) is 0 Å². The minimum absolute atomic E-state index is 0.0105. The summed E-state index contributed by atoms with van der Waals surface area (Å²) in [6.07, 6.45) is 3.71. The van der Waals surface area contributed by atoms with E-state index >= 15 is 0 Å². The molecular formula is C27H45N9O8. The topological polar surface area (TPSA) is 281 Å². The Labute approximate surface area is 255 Å². The predicted molar refractivity (Wildman–Crippen MR) is 157 cm³/mol. The second kappa shape index (κ2) is 18.9. The number of aliphatic carboxylic acids is 1. The number of carbonyl (C=O) groups excluding carboxylic acids is 6. The highest BCUT2D eigenvalue weighted by Gasteiger charge is 2.32. The van der Waals surface area contributed by atoms with Crippen molar-refractivity contribution in [1.29, 1.82) is 0 Å². The number of aromatic nitrogens is 2. The van der Waals surface area contributed by atoms with Crippen LogP contribution in [0.25, 0.3) is 0 Å². The molecule has 0 aliphatic rings. The molecule has 1 heterocycles. The van der Waals surface area contributed by atoms with Gasteiger partial charge in [0, 0.05) is 31.7 Å². The second-order valence-corrected chi connectivity index (χ2v) is 10.7. The Morgan fingerprint density at radius 1 is 0.841 bits per heavy atom. The summed E-state index contributed by atoms with van der Waals surface area (Å²) < 4.78 is 0. The van der Waals surface area contributed by atoms with Crippen molar-refractivity contribution in [3.05, 3.63) is 18.2 Å². The van der Waals surface area contributed by atoms with E-state index in [2.05, 4.69) is 36.6 Å². The average molecular weight is 624 g/mol. The maximum Gasteiger partial charge on any atom is 0.303 e. The third kappa shape index (κ3) is 13.6. The number of amides is 6. The van der Waals surface area contributed by atoms with E-state index in [1.165, 1.54) is 26.4 Å². The molecular weight excluding hydrogens is 578 g/mol. The summed E-state index contributed by atoms with van der Waals surface area (Å²) in [5.41, 5.74) is 11.3. The number of nitrogens with two attached hydrogens (primary N) is 2. The largest absolute Gasteiger partial charge is 0.481 e. The molecule has 0 spiro atoms. The van der Waals surface area contributed by atoms with Gasteiger partial charge in [-0.2, -0.15) is 0 Å². The molecule has 1 aromatic rings. The van der Waals surface area contributed by atoms with E-state index in [1.54, 1.807) is 13.8 Å². The van der Waals surface area contributed by atoms with Gasteiger partial charge in [-0.05, 0) is 45.1 Å². The number of imidazole rings is 1. The molecule has 0 aromatic carbocycles. The van der Waals surface area contributed by atoms with E-state index in [0.717, 1.165) is 0 Å². The van der Waals surface area contributed by atoms with E-state index in [1.807, 2.05) is 0 Å². The van der Waals surface area contributed by atoms with Gasteiger partial charge in [-0.15, -0.1) is 0 Å². The molecule has 44 heavy (non-hydrogen) atoms. The molecule has 0 aliphatic carbocycles. The lowest BCUT2D eigenvalue weighted by Gasteiger charge is -2.27. The van der Waals surface area contributed by atoms with Crippen molar-refractivity contribution in [3.63, 3.8) is 0 Å². The van der Waals surface area contributed by atoms with E-state index in [9.17, 15) is 33.6 Å². The number of carboxylic acids is 1. The average Bonchev–Trinajstić information content (AvgIpc) is 3.45. The molecule has 246 valence electrons. The van der Waals surface area contributed by atoms with Crippen LogP contribution in [0.5, 0.6) is 0 Å². The first-order valence-electron chi connectivity index (χ1n) is 14.3. The zero-order valence-electron chi connectivity index (χ0n) is 25.5. The standard InChI is InChI=1S/C27H45N9O8/c1-14(2)22(27(44)34-18(23(29)40)8-9-21(38)39)36-24(41)15(3)32-26(43)20(11-17-12-30-13-31-17)35-25(42)19(33-16(4)37)7-5-6-10-28/h12-15,18-20,22H,5-11,28H2,1-4H3,(H2,29,40)(H,30,31)(H,32,43)(H,33,37)(H,34,44)(H,35,42)(H,36,41)(H,38,39)/t15-,18-,19-,20-,22-/m0/s1. The van der Waals surface area contributed by atoms with Crippen LogP contribution in [-0.4, -0.2) is 93.2 Å². The smallest absolute Gasteiger partial charge is 0.303 e. The Bertz CT molecular complexity index is 1140. The molecule has 11 N–H and O–H groups in total. The first-order valence-corrected chi connectivity index (χ1v) is 14.3. The predicted octanol–water partition coefficient (Wildman–Crippen LogP) is -2.45. The molecule has 17 nitrogen and oxygen atoms in total. The number of nitrogens with zero attached hydrogens (tertiary/aromatic N) is 1. The van der Waals surface area contributed by atoms with Crippen LogP contribution in [0.1, 0.15) is 65.5 Å². The molecule has 0 unspecified atom stereocenters. The van der Waals surface area contributed by atoms with E-state index < -0.39 is 84.0 Å². The van der Waals surface area contributed by atoms with Crippen molar-refractivity contribution in [2.45, 2.75) is 96.4 Å². The summed E-state index contributed by atoms with van der Waals surface area (Å²) in [5.74, 6) is -5.81. The highest BCUT2D eigenvalue weighted by molar-refractivity contribution is 5.96. The van der Waals surface area contributed by atoms with Crippen LogP contribution in [0.3, 0.4) is 0 Å². The molecule has 0 radical (unpaired) electrons. The Morgan fingerprint density at radius 3 is 2.00 bits per heavy atom. The number of H-pyrrole nitrogens is 1. The summed E-state index contributed by atoms with van der Waals surface area (Å²) in [4.78, 5) is 93.4. The van der Waals surface area contributed by atoms with Gasteiger partial charge in [0.25, 0.3) is 0 Å². The molecule has 1 rings (SSSR count). The third-order valence-corrected chi connectivity index (χ3v) is 6.56. The van der Waals surface area contributed by atoms with Crippen molar-refractivity contribution in [2.75, 3.05) is 6.54 Å². The van der Waals surface area contributed by atoms with Gasteiger partial charge in [0.2, 0.25) is 35.4 Å². The quantitative estimate of drug-likeness (QED) is 0.0691. The van der Waals surface area contributed by atoms with E-state index in [-0.39, 0.29) is 12.8 Å². The number of carboxylic acid groups (broad SMARTS) is 1. The highest BCUT2D eigenvalue weighted by atomic mass is 16.4. The van der Waals surface area contributed by atoms with E-state index in [4.69, 9.17) is 16.6 Å². The molecule has 17 heteroatoms. The molecule has 6 amide bonds. The van der Waals surface area contributed by atoms with Gasteiger partial charge < -0.3 is 48.1 Å². The fourth-order valence-electron chi connectivity index (χ4n) is 4.11. The molecule has 0 bridgehead atoms. The Morgan fingerprint density at radius 2 is 1.48 bits per heavy atom. The number of rotatable bonds is 20. The summed E-state index contributed by atoms with van der Waals surface area (Å²) >= 11 is 0. The third-order valence-electron chi connectivity index (χ3n) is 6.56. The van der Waals surface area contributed by atoms with Gasteiger partial charge in [-0.1, -0.05) is 13.8 Å². The normalized spacial score (nSPS) is 14.3. The van der Waals surface area contributed by atoms with Crippen LogP contribution in [0.4, 0.5) is 0 Å². The van der Waals surface area contributed by atoms with Crippen LogP contribution in [0.15, 0.2) is 12.5 Å². The zero-order valence-corrected chi connectivity index (χ0v) is 25.5. The van der Waals surface area contributed by atoms with Crippen molar-refractivity contribution >= 4 is 41.4 Å². The van der Waals surface area contributed by atoms with Gasteiger partial charge in [-0.3, -0.25) is 33.6 Å². The summed E-state index contributed by atoms with van der Waals surface area (Å²) in [5, 5.41) is 21.5. The minimum atomic E-state index is -1.27. The van der Waals surface area contributed by atoms with Crippen LogP contribution in [0, 0.1) is 5.92 Å². The van der Waals surface area contributed by atoms with Crippen molar-refractivity contribution < 1.29 is 38.7 Å². The number of carbonyl (C=O) groups is 7. The number of unbranched alkanes of at least 4 members (excludes halogenated alkanes) is 1. The molecule has 0 aliphatic heterocycles. The Hall–Kier alpha value is -4.54. The van der Waals surface area contributed by atoms with Crippen LogP contribution >= 0.6 is 0 Å². The Kier molecular flexibility index (Phi) is 16.1. The summed E-state index contributed by atoms with van der Waals surface area (Å²) in [7, 11) is 0. The van der Waals surface area contributed by atoms with Gasteiger partial charge >= 0.3 is 5.97 Å². The molecule has 1 aromatic heterocycles. The fourth-order valence-corrected chi connectivity index (χ4v) is 4.11. The van der Waals surface area contributed by atoms with Gasteiger partial charge in [0.1, 0.15) is 30.2 Å². The Balaban J connectivity index is 3.00. The van der Waals surface area contributed by atoms with Gasteiger partial charge in [-0.25, -0.2) is 4.98 Å². The summed E-state index contributed by atoms with van der Waals surface area (Å²) in [6, 6.07) is -5.67. The maximum atomic E-state index is 13.3. The molecule has 0 saturated heterocycles. The van der Waals surface area contributed by atoms with Gasteiger partial charge in [0.05, 0.1) is 6.33 Å². The number of hydrogen-bond donors (Lipinski definition) is 9. The zero-order chi connectivity index (χ0) is 33.4. The lowest BCUT2D eigenvalue weighted by atomic mass is 10.0. The van der Waals surface area contributed by atoms with Crippen molar-refractivity contribution in [2.24, 2.45) is 17.4 Å². The fraction of sp³-hybridized carbons (Fsp3) is 0.630. The number of primary amides is 1. The van der Waals surface area contributed by atoms with Crippen molar-refractivity contribution in [3.8, 4) is 0 Å². The first kappa shape index (κ1) is 37.5. The van der Waals surface area contributed by atoms with Crippen molar-refractivity contribution in [1.82, 2.24) is 36.6 Å². The lowest BCUT2D eigenvalue weighted by molar-refractivity contribution is -0.138.